The molecular weight excluding hydrogens is 246 g/mol. The maximum atomic E-state index is 5.29. The Morgan fingerprint density at radius 1 is 1.20 bits per heavy atom. The Bertz CT molecular complexity index is 445. The first-order chi connectivity index (χ1) is 9.78. The summed E-state index contributed by atoms with van der Waals surface area (Å²) in [5.74, 6) is 2.94. The summed E-state index contributed by atoms with van der Waals surface area (Å²) in [7, 11) is 1.77. The molecule has 0 spiro atoms. The van der Waals surface area contributed by atoms with Gasteiger partial charge >= 0.3 is 0 Å². The van der Waals surface area contributed by atoms with Crippen LogP contribution in [0.3, 0.4) is 0 Å². The van der Waals surface area contributed by atoms with Crippen molar-refractivity contribution in [3.05, 3.63) is 35.4 Å². The first-order valence-corrected chi connectivity index (χ1v) is 8.07. The van der Waals surface area contributed by atoms with E-state index in [0.29, 0.717) is 12.6 Å². The molecule has 4 unspecified atom stereocenters. The molecule has 20 heavy (non-hydrogen) atoms. The minimum atomic E-state index is 0.640. The Kier molecular flexibility index (Phi) is 4.42. The standard InChI is InChI=1S/C18H27NO/c1-13(18-10-14-7-8-15(18)9-14)19-11-16-5-3-4-6-17(16)12-20-2/h3-6,13-15,18-19H,7-12H2,1-2H3. The lowest BCUT2D eigenvalue weighted by molar-refractivity contribution is 0.183. The highest BCUT2D eigenvalue weighted by Gasteiger charge is 2.41. The maximum absolute atomic E-state index is 5.29. The summed E-state index contributed by atoms with van der Waals surface area (Å²) in [5, 5.41) is 3.77. The lowest BCUT2D eigenvalue weighted by Crippen LogP contribution is -2.36. The number of fused-ring (bicyclic) bond motifs is 2. The molecule has 2 aliphatic rings. The number of methoxy groups -OCH3 is 1. The summed E-state index contributed by atoms with van der Waals surface area (Å²) < 4.78 is 5.29. The fourth-order valence-electron chi connectivity index (χ4n) is 4.35. The van der Waals surface area contributed by atoms with E-state index in [1.54, 1.807) is 7.11 Å². The molecule has 2 bridgehead atoms. The van der Waals surface area contributed by atoms with Gasteiger partial charge in [-0.1, -0.05) is 30.7 Å². The molecule has 0 heterocycles. The molecule has 0 aliphatic heterocycles. The predicted molar refractivity (Wildman–Crippen MR) is 82.4 cm³/mol. The number of ether oxygens (including phenoxy) is 1. The zero-order valence-electron chi connectivity index (χ0n) is 12.8. The molecule has 2 aliphatic carbocycles. The summed E-state index contributed by atoms with van der Waals surface area (Å²) in [6, 6.07) is 9.24. The van der Waals surface area contributed by atoms with Crippen LogP contribution >= 0.6 is 0 Å². The maximum Gasteiger partial charge on any atom is 0.0716 e. The van der Waals surface area contributed by atoms with Gasteiger partial charge in [-0.25, -0.2) is 0 Å². The van der Waals surface area contributed by atoms with Gasteiger partial charge in [0.05, 0.1) is 6.61 Å². The van der Waals surface area contributed by atoms with Gasteiger partial charge in [0.2, 0.25) is 0 Å². The van der Waals surface area contributed by atoms with E-state index >= 15 is 0 Å². The van der Waals surface area contributed by atoms with E-state index in [0.717, 1.165) is 24.3 Å². The molecule has 0 radical (unpaired) electrons. The predicted octanol–water partition coefficient (Wildman–Crippen LogP) is 3.75. The van der Waals surface area contributed by atoms with Crippen molar-refractivity contribution in [3.63, 3.8) is 0 Å². The average molecular weight is 273 g/mol. The van der Waals surface area contributed by atoms with Crippen molar-refractivity contribution in [2.75, 3.05) is 7.11 Å². The highest BCUT2D eigenvalue weighted by molar-refractivity contribution is 5.26. The minimum absolute atomic E-state index is 0.640. The van der Waals surface area contributed by atoms with Crippen molar-refractivity contribution in [3.8, 4) is 0 Å². The van der Waals surface area contributed by atoms with E-state index in [-0.39, 0.29) is 0 Å². The molecule has 2 fully saturated rings. The van der Waals surface area contributed by atoms with Gasteiger partial charge in [0.25, 0.3) is 0 Å². The van der Waals surface area contributed by atoms with Crippen LogP contribution in [-0.2, 0) is 17.9 Å². The molecule has 1 N–H and O–H groups in total. The van der Waals surface area contributed by atoms with Gasteiger partial charge in [-0.3, -0.25) is 0 Å². The zero-order valence-corrected chi connectivity index (χ0v) is 12.8. The van der Waals surface area contributed by atoms with Crippen LogP contribution in [0.4, 0.5) is 0 Å². The highest BCUT2D eigenvalue weighted by atomic mass is 16.5. The quantitative estimate of drug-likeness (QED) is 0.852. The molecule has 2 heteroatoms. The van der Waals surface area contributed by atoms with Crippen LogP contribution in [0, 0.1) is 17.8 Å². The smallest absolute Gasteiger partial charge is 0.0716 e. The van der Waals surface area contributed by atoms with Crippen LogP contribution in [0.15, 0.2) is 24.3 Å². The Labute approximate surface area is 122 Å². The van der Waals surface area contributed by atoms with E-state index in [9.17, 15) is 0 Å². The minimum Gasteiger partial charge on any atom is -0.380 e. The van der Waals surface area contributed by atoms with Gasteiger partial charge in [-0.05, 0) is 55.1 Å². The van der Waals surface area contributed by atoms with Crippen LogP contribution in [0.2, 0.25) is 0 Å². The first-order valence-electron chi connectivity index (χ1n) is 8.07. The first kappa shape index (κ1) is 14.1. The van der Waals surface area contributed by atoms with E-state index < -0.39 is 0 Å². The van der Waals surface area contributed by atoms with Crippen molar-refractivity contribution >= 4 is 0 Å². The lowest BCUT2D eigenvalue weighted by atomic mass is 9.84. The third-order valence-electron chi connectivity index (χ3n) is 5.47. The normalized spacial score (nSPS) is 29.8. The van der Waals surface area contributed by atoms with E-state index in [1.165, 1.54) is 36.8 Å². The summed E-state index contributed by atoms with van der Waals surface area (Å²) in [5.41, 5.74) is 2.69. The lowest BCUT2D eigenvalue weighted by Gasteiger charge is -2.29. The van der Waals surface area contributed by atoms with Crippen LogP contribution in [0.25, 0.3) is 0 Å². The van der Waals surface area contributed by atoms with Crippen LogP contribution in [-0.4, -0.2) is 13.2 Å². The summed E-state index contributed by atoms with van der Waals surface area (Å²) >= 11 is 0. The van der Waals surface area contributed by atoms with E-state index in [4.69, 9.17) is 4.74 Å². The molecule has 1 aromatic rings. The van der Waals surface area contributed by atoms with Crippen molar-refractivity contribution in [1.82, 2.24) is 5.32 Å². The van der Waals surface area contributed by atoms with Crippen LogP contribution in [0.1, 0.15) is 43.7 Å². The van der Waals surface area contributed by atoms with Crippen LogP contribution in [0.5, 0.6) is 0 Å². The second-order valence-corrected chi connectivity index (χ2v) is 6.71. The van der Waals surface area contributed by atoms with Crippen molar-refractivity contribution in [2.24, 2.45) is 17.8 Å². The fraction of sp³-hybridized carbons (Fsp3) is 0.667. The van der Waals surface area contributed by atoms with E-state index in [1.807, 2.05) is 0 Å². The number of hydrogen-bond acceptors (Lipinski definition) is 2. The average Bonchev–Trinajstić information content (AvgIpc) is 3.09. The van der Waals surface area contributed by atoms with Crippen molar-refractivity contribution < 1.29 is 4.74 Å². The van der Waals surface area contributed by atoms with Gasteiger partial charge < -0.3 is 10.1 Å². The Hall–Kier alpha value is -0.860. The molecule has 0 saturated heterocycles. The molecule has 2 nitrogen and oxygen atoms in total. The van der Waals surface area contributed by atoms with Gasteiger partial charge in [0, 0.05) is 19.7 Å². The second-order valence-electron chi connectivity index (χ2n) is 6.71. The van der Waals surface area contributed by atoms with E-state index in [2.05, 4.69) is 36.5 Å². The van der Waals surface area contributed by atoms with Crippen molar-refractivity contribution in [1.29, 1.82) is 0 Å². The summed E-state index contributed by atoms with van der Waals surface area (Å²) in [6.45, 7) is 4.05. The number of rotatable bonds is 6. The molecule has 2 saturated carbocycles. The highest BCUT2D eigenvalue weighted by Crippen LogP contribution is 2.49. The molecule has 0 aromatic heterocycles. The molecule has 1 aromatic carbocycles. The summed E-state index contributed by atoms with van der Waals surface area (Å²) in [4.78, 5) is 0. The van der Waals surface area contributed by atoms with Gasteiger partial charge in [0.1, 0.15) is 0 Å². The Morgan fingerprint density at radius 3 is 2.65 bits per heavy atom. The Balaban J connectivity index is 1.56. The third-order valence-corrected chi connectivity index (χ3v) is 5.47. The fourth-order valence-corrected chi connectivity index (χ4v) is 4.35. The molecule has 110 valence electrons. The summed E-state index contributed by atoms with van der Waals surface area (Å²) in [6.07, 6.45) is 5.92. The zero-order chi connectivity index (χ0) is 13.9. The molecular formula is C18H27NO. The number of hydrogen-bond donors (Lipinski definition) is 1. The number of nitrogens with one attached hydrogen (secondary N) is 1. The SMILES string of the molecule is COCc1ccccc1CNC(C)C1CC2CCC1C2. The second kappa shape index (κ2) is 6.28. The molecule has 4 atom stereocenters. The Morgan fingerprint density at radius 2 is 2.00 bits per heavy atom. The molecule has 3 rings (SSSR count). The topological polar surface area (TPSA) is 21.3 Å². The third kappa shape index (κ3) is 2.91. The van der Waals surface area contributed by atoms with Gasteiger partial charge in [-0.15, -0.1) is 0 Å². The van der Waals surface area contributed by atoms with Gasteiger partial charge in [0.15, 0.2) is 0 Å². The van der Waals surface area contributed by atoms with Gasteiger partial charge in [-0.2, -0.15) is 0 Å². The molecule has 0 amide bonds. The van der Waals surface area contributed by atoms with Crippen LogP contribution < -0.4 is 5.32 Å². The largest absolute Gasteiger partial charge is 0.380 e. The monoisotopic (exact) mass is 273 g/mol. The van der Waals surface area contributed by atoms with Crippen molar-refractivity contribution in [2.45, 2.75) is 51.8 Å². The number of benzene rings is 1.